The first-order chi connectivity index (χ1) is 9.08. The van der Waals surface area contributed by atoms with E-state index >= 15 is 0 Å². The largest absolute Gasteiger partial charge is 0.490 e. The predicted octanol–water partition coefficient (Wildman–Crippen LogP) is 2.17. The molecule has 0 bridgehead atoms. The van der Waals surface area contributed by atoms with Crippen LogP contribution in [-0.2, 0) is 11.3 Å². The third-order valence-electron chi connectivity index (χ3n) is 2.84. The molecule has 0 aromatic heterocycles. The van der Waals surface area contributed by atoms with Crippen molar-refractivity contribution >= 4 is 21.9 Å². The van der Waals surface area contributed by atoms with Crippen molar-refractivity contribution < 1.29 is 19.4 Å². The molecule has 0 spiro atoms. The van der Waals surface area contributed by atoms with Gasteiger partial charge in [-0.25, -0.2) is 0 Å². The third-order valence-corrected chi connectivity index (χ3v) is 3.43. The number of aliphatic carboxylic acids is 1. The van der Waals surface area contributed by atoms with Crippen molar-refractivity contribution in [3.05, 3.63) is 22.2 Å². The smallest absolute Gasteiger partial charge is 0.320 e. The van der Waals surface area contributed by atoms with E-state index in [0.29, 0.717) is 31.3 Å². The molecule has 1 aromatic carbocycles. The van der Waals surface area contributed by atoms with E-state index < -0.39 is 12.0 Å². The Morgan fingerprint density at radius 3 is 2.95 bits per heavy atom. The molecule has 0 amide bonds. The maximum absolute atomic E-state index is 10.7. The maximum Gasteiger partial charge on any atom is 0.320 e. The van der Waals surface area contributed by atoms with Gasteiger partial charge in [0, 0.05) is 13.0 Å². The summed E-state index contributed by atoms with van der Waals surface area (Å²) < 4.78 is 12.1. The van der Waals surface area contributed by atoms with Crippen molar-refractivity contribution in [1.29, 1.82) is 0 Å². The number of carboxylic acid groups (broad SMARTS) is 1. The van der Waals surface area contributed by atoms with Crippen LogP contribution in [0.3, 0.4) is 0 Å². The Bertz CT molecular complexity index is 478. The third kappa shape index (κ3) is 3.61. The normalized spacial score (nSPS) is 15.7. The molecular formula is C13H16BrNO4. The molecule has 1 aliphatic heterocycles. The molecule has 2 N–H and O–H groups in total. The minimum Gasteiger partial charge on any atom is -0.490 e. The standard InChI is InChI=1S/C13H16BrNO4/c1-8(13(16)17)15-7-9-5-10(14)12-11(6-9)18-3-2-4-19-12/h5-6,8,15H,2-4,7H2,1H3,(H,16,17). The van der Waals surface area contributed by atoms with Crippen LogP contribution < -0.4 is 14.8 Å². The highest BCUT2D eigenvalue weighted by molar-refractivity contribution is 9.10. The van der Waals surface area contributed by atoms with Crippen LogP contribution in [0, 0.1) is 0 Å². The van der Waals surface area contributed by atoms with Crippen molar-refractivity contribution in [1.82, 2.24) is 5.32 Å². The summed E-state index contributed by atoms with van der Waals surface area (Å²) >= 11 is 3.45. The van der Waals surface area contributed by atoms with E-state index in [1.54, 1.807) is 6.92 Å². The minimum absolute atomic E-state index is 0.461. The molecule has 1 aromatic rings. The molecule has 1 unspecified atom stereocenters. The molecule has 0 aliphatic carbocycles. The second kappa shape index (κ2) is 6.25. The van der Waals surface area contributed by atoms with E-state index in [1.165, 1.54) is 0 Å². The summed E-state index contributed by atoms with van der Waals surface area (Å²) in [6.45, 7) is 3.34. The highest BCUT2D eigenvalue weighted by Crippen LogP contribution is 2.38. The van der Waals surface area contributed by atoms with Crippen LogP contribution in [0.2, 0.25) is 0 Å². The lowest BCUT2D eigenvalue weighted by Gasteiger charge is -2.13. The average Bonchev–Trinajstić information content (AvgIpc) is 2.61. The summed E-state index contributed by atoms with van der Waals surface area (Å²) in [5, 5.41) is 11.8. The van der Waals surface area contributed by atoms with Crippen LogP contribution in [0.5, 0.6) is 11.5 Å². The molecular weight excluding hydrogens is 314 g/mol. The summed E-state index contributed by atoms with van der Waals surface area (Å²) in [6.07, 6.45) is 0.852. The molecule has 1 heterocycles. The second-order valence-electron chi connectivity index (χ2n) is 4.40. The zero-order chi connectivity index (χ0) is 13.8. The van der Waals surface area contributed by atoms with Gasteiger partial charge in [-0.3, -0.25) is 4.79 Å². The van der Waals surface area contributed by atoms with Gasteiger partial charge in [-0.15, -0.1) is 0 Å². The summed E-state index contributed by atoms with van der Waals surface area (Å²) in [6, 6.07) is 3.21. The number of ether oxygens (including phenoxy) is 2. The summed E-state index contributed by atoms with van der Waals surface area (Å²) in [7, 11) is 0. The zero-order valence-corrected chi connectivity index (χ0v) is 12.2. The van der Waals surface area contributed by atoms with E-state index in [-0.39, 0.29) is 0 Å². The van der Waals surface area contributed by atoms with Gasteiger partial charge >= 0.3 is 5.97 Å². The van der Waals surface area contributed by atoms with Crippen molar-refractivity contribution in [3.63, 3.8) is 0 Å². The summed E-state index contributed by atoms with van der Waals surface area (Å²) in [5.74, 6) is 0.549. The Kier molecular flexibility index (Phi) is 4.66. The lowest BCUT2D eigenvalue weighted by Crippen LogP contribution is -2.33. The van der Waals surface area contributed by atoms with E-state index in [0.717, 1.165) is 16.5 Å². The summed E-state index contributed by atoms with van der Waals surface area (Å²) in [5.41, 5.74) is 0.948. The highest BCUT2D eigenvalue weighted by Gasteiger charge is 2.16. The zero-order valence-electron chi connectivity index (χ0n) is 10.6. The number of fused-ring (bicyclic) bond motifs is 1. The van der Waals surface area contributed by atoms with Crippen LogP contribution in [-0.4, -0.2) is 30.3 Å². The number of hydrogen-bond donors (Lipinski definition) is 2. The minimum atomic E-state index is -0.867. The van der Waals surface area contributed by atoms with Crippen molar-refractivity contribution in [2.45, 2.75) is 25.9 Å². The van der Waals surface area contributed by atoms with E-state index in [9.17, 15) is 4.79 Å². The monoisotopic (exact) mass is 329 g/mol. The molecule has 104 valence electrons. The van der Waals surface area contributed by atoms with Crippen LogP contribution in [0.1, 0.15) is 18.9 Å². The molecule has 0 fully saturated rings. The number of halogens is 1. The summed E-state index contributed by atoms with van der Waals surface area (Å²) in [4.78, 5) is 10.7. The fraction of sp³-hybridized carbons (Fsp3) is 0.462. The van der Waals surface area contributed by atoms with Gasteiger partial charge in [0.1, 0.15) is 6.04 Å². The maximum atomic E-state index is 10.7. The fourth-order valence-corrected chi connectivity index (χ4v) is 2.35. The van der Waals surface area contributed by atoms with Crippen LogP contribution in [0.15, 0.2) is 16.6 Å². The topological polar surface area (TPSA) is 67.8 Å². The quantitative estimate of drug-likeness (QED) is 0.886. The predicted molar refractivity (Wildman–Crippen MR) is 73.7 cm³/mol. The molecule has 6 heteroatoms. The van der Waals surface area contributed by atoms with Gasteiger partial charge in [0.15, 0.2) is 11.5 Å². The van der Waals surface area contributed by atoms with Crippen LogP contribution in [0.25, 0.3) is 0 Å². The Hall–Kier alpha value is -1.27. The van der Waals surface area contributed by atoms with E-state index in [1.807, 2.05) is 12.1 Å². The molecule has 0 radical (unpaired) electrons. The van der Waals surface area contributed by atoms with E-state index in [2.05, 4.69) is 21.2 Å². The first kappa shape index (κ1) is 14.1. The van der Waals surface area contributed by atoms with Crippen LogP contribution in [0.4, 0.5) is 0 Å². The van der Waals surface area contributed by atoms with Gasteiger partial charge in [0.25, 0.3) is 0 Å². The van der Waals surface area contributed by atoms with Gasteiger partial charge in [-0.05, 0) is 40.5 Å². The molecule has 1 aliphatic rings. The SMILES string of the molecule is CC(NCc1cc(Br)c2c(c1)OCCCO2)C(=O)O. The number of hydrogen-bond acceptors (Lipinski definition) is 4. The van der Waals surface area contributed by atoms with Crippen molar-refractivity contribution in [3.8, 4) is 11.5 Å². The van der Waals surface area contributed by atoms with E-state index in [4.69, 9.17) is 14.6 Å². The first-order valence-electron chi connectivity index (χ1n) is 6.12. The number of rotatable bonds is 4. The first-order valence-corrected chi connectivity index (χ1v) is 6.91. The Labute approximate surface area is 120 Å². The van der Waals surface area contributed by atoms with Gasteiger partial charge in [-0.2, -0.15) is 0 Å². The van der Waals surface area contributed by atoms with Crippen LogP contribution >= 0.6 is 15.9 Å². The molecule has 1 atom stereocenters. The number of benzene rings is 1. The molecule has 19 heavy (non-hydrogen) atoms. The lowest BCUT2D eigenvalue weighted by molar-refractivity contribution is -0.139. The Morgan fingerprint density at radius 2 is 2.21 bits per heavy atom. The van der Waals surface area contributed by atoms with Gasteiger partial charge < -0.3 is 19.9 Å². The number of nitrogens with one attached hydrogen (secondary N) is 1. The molecule has 0 saturated carbocycles. The average molecular weight is 330 g/mol. The van der Waals surface area contributed by atoms with Gasteiger partial charge in [0.2, 0.25) is 0 Å². The number of carboxylic acids is 1. The Balaban J connectivity index is 2.12. The van der Waals surface area contributed by atoms with Gasteiger partial charge in [0.05, 0.1) is 17.7 Å². The molecule has 5 nitrogen and oxygen atoms in total. The number of carbonyl (C=O) groups is 1. The molecule has 2 rings (SSSR count). The second-order valence-corrected chi connectivity index (χ2v) is 5.25. The Morgan fingerprint density at radius 1 is 1.47 bits per heavy atom. The fourth-order valence-electron chi connectivity index (χ4n) is 1.74. The van der Waals surface area contributed by atoms with Crippen molar-refractivity contribution in [2.24, 2.45) is 0 Å². The highest BCUT2D eigenvalue weighted by atomic mass is 79.9. The lowest BCUT2D eigenvalue weighted by atomic mass is 10.2. The van der Waals surface area contributed by atoms with Gasteiger partial charge in [-0.1, -0.05) is 0 Å². The molecule has 0 saturated heterocycles. The van der Waals surface area contributed by atoms with Crippen molar-refractivity contribution in [2.75, 3.05) is 13.2 Å².